The van der Waals surface area contributed by atoms with Crippen molar-refractivity contribution in [3.63, 3.8) is 0 Å². The zero-order chi connectivity index (χ0) is 15.2. The van der Waals surface area contributed by atoms with Gasteiger partial charge in [-0.2, -0.15) is 0 Å². The van der Waals surface area contributed by atoms with Gasteiger partial charge in [-0.25, -0.2) is 4.79 Å². The number of hydrogen-bond donors (Lipinski definition) is 1. The van der Waals surface area contributed by atoms with Gasteiger partial charge in [-0.05, 0) is 51.1 Å². The Hall–Kier alpha value is -1.81. The Kier molecular flexibility index (Phi) is 3.29. The summed E-state index contributed by atoms with van der Waals surface area (Å²) in [6, 6.07) is 9.37. The fourth-order valence-corrected chi connectivity index (χ4v) is 3.00. The molecule has 0 fully saturated rings. The number of esters is 1. The van der Waals surface area contributed by atoms with Crippen LogP contribution in [0.3, 0.4) is 0 Å². The van der Waals surface area contributed by atoms with Crippen molar-refractivity contribution in [3.8, 4) is 0 Å². The number of fused-ring (bicyclic) bond motifs is 3. The molecule has 0 spiro atoms. The summed E-state index contributed by atoms with van der Waals surface area (Å²) in [6.45, 7) is 5.53. The molecule has 0 amide bonds. The van der Waals surface area contributed by atoms with E-state index in [0.717, 1.165) is 23.0 Å². The van der Waals surface area contributed by atoms with E-state index in [1.165, 1.54) is 0 Å². The molecule has 0 radical (unpaired) electrons. The van der Waals surface area contributed by atoms with Crippen LogP contribution in [0.15, 0.2) is 30.3 Å². The fourth-order valence-electron chi connectivity index (χ4n) is 3.00. The monoisotopic (exact) mass is 287 g/mol. The third-order valence-corrected chi connectivity index (χ3v) is 3.81. The minimum absolute atomic E-state index is 0.364. The lowest BCUT2D eigenvalue weighted by Crippen LogP contribution is -2.40. The van der Waals surface area contributed by atoms with E-state index in [1.54, 1.807) is 0 Å². The van der Waals surface area contributed by atoms with Crippen molar-refractivity contribution in [3.05, 3.63) is 36.0 Å². The second-order valence-electron chi connectivity index (χ2n) is 6.65. The van der Waals surface area contributed by atoms with Crippen LogP contribution in [0.5, 0.6) is 0 Å². The van der Waals surface area contributed by atoms with E-state index >= 15 is 0 Å². The lowest BCUT2D eigenvalue weighted by Gasteiger charge is -2.32. The number of nitrogens with zero attached hydrogens (tertiary/aromatic N) is 1. The highest BCUT2D eigenvalue weighted by Crippen LogP contribution is 2.33. The first-order valence-electron chi connectivity index (χ1n) is 7.36. The Morgan fingerprint density at radius 3 is 2.76 bits per heavy atom. The minimum atomic E-state index is -0.705. The standard InChI is InChI=1S/C17H21NO3/c1-17(2,3)21-16(20)15-14(19)9-8-12-10-11-6-4-5-7-13(11)18(12)15/h4-7,10,14-15,19H,8-9H2,1-3H3. The largest absolute Gasteiger partial charge is 0.458 e. The minimum Gasteiger partial charge on any atom is -0.458 e. The van der Waals surface area contributed by atoms with Gasteiger partial charge in [0.05, 0.1) is 6.10 Å². The molecule has 21 heavy (non-hydrogen) atoms. The van der Waals surface area contributed by atoms with Gasteiger partial charge >= 0.3 is 5.97 Å². The van der Waals surface area contributed by atoms with Crippen LogP contribution in [0.25, 0.3) is 10.9 Å². The van der Waals surface area contributed by atoms with Crippen LogP contribution in [0, 0.1) is 0 Å². The molecule has 0 saturated heterocycles. The van der Waals surface area contributed by atoms with Gasteiger partial charge in [0.25, 0.3) is 0 Å². The highest BCUT2D eigenvalue weighted by Gasteiger charge is 2.37. The summed E-state index contributed by atoms with van der Waals surface area (Å²) in [7, 11) is 0. The molecule has 1 aromatic carbocycles. The van der Waals surface area contributed by atoms with E-state index in [9.17, 15) is 9.90 Å². The molecular weight excluding hydrogens is 266 g/mol. The molecule has 3 rings (SSSR count). The molecular formula is C17H21NO3. The number of aromatic nitrogens is 1. The molecule has 1 aliphatic heterocycles. The molecule has 1 aliphatic rings. The second kappa shape index (κ2) is 4.88. The molecule has 2 unspecified atom stereocenters. The first kappa shape index (κ1) is 14.1. The quantitative estimate of drug-likeness (QED) is 0.821. The second-order valence-corrected chi connectivity index (χ2v) is 6.65. The molecule has 0 saturated carbocycles. The normalized spacial score (nSPS) is 22.1. The smallest absolute Gasteiger partial charge is 0.332 e. The molecule has 4 heteroatoms. The predicted octanol–water partition coefficient (Wildman–Crippen LogP) is 2.83. The number of aliphatic hydroxyl groups is 1. The van der Waals surface area contributed by atoms with Gasteiger partial charge in [0, 0.05) is 11.2 Å². The third-order valence-electron chi connectivity index (χ3n) is 3.81. The van der Waals surface area contributed by atoms with Crippen molar-refractivity contribution in [2.45, 2.75) is 51.4 Å². The summed E-state index contributed by atoms with van der Waals surface area (Å²) in [6.07, 6.45) is 0.651. The van der Waals surface area contributed by atoms with E-state index < -0.39 is 17.7 Å². The number of aliphatic hydroxyl groups excluding tert-OH is 1. The van der Waals surface area contributed by atoms with Crippen LogP contribution in [0.2, 0.25) is 0 Å². The van der Waals surface area contributed by atoms with Gasteiger partial charge in [-0.3, -0.25) is 0 Å². The number of aryl methyl sites for hydroxylation is 1. The molecule has 0 bridgehead atoms. The molecule has 2 atom stereocenters. The molecule has 4 nitrogen and oxygen atoms in total. The zero-order valence-corrected chi connectivity index (χ0v) is 12.7. The van der Waals surface area contributed by atoms with Crippen LogP contribution in [-0.4, -0.2) is 27.3 Å². The first-order valence-corrected chi connectivity index (χ1v) is 7.36. The number of ether oxygens (including phenoxy) is 1. The molecule has 2 aromatic rings. The van der Waals surface area contributed by atoms with Gasteiger partial charge in [-0.1, -0.05) is 18.2 Å². The van der Waals surface area contributed by atoms with Crippen LogP contribution in [0.1, 0.15) is 38.9 Å². The van der Waals surface area contributed by atoms with E-state index in [1.807, 2.05) is 49.6 Å². The summed E-state index contributed by atoms with van der Waals surface area (Å²) < 4.78 is 7.45. The average Bonchev–Trinajstić information content (AvgIpc) is 2.75. The Labute approximate surface area is 124 Å². The SMILES string of the molecule is CC(C)(C)OC(=O)C1C(O)CCc2cc3ccccc3n21. The maximum absolute atomic E-state index is 12.5. The van der Waals surface area contributed by atoms with Crippen molar-refractivity contribution in [2.75, 3.05) is 0 Å². The summed E-state index contributed by atoms with van der Waals surface area (Å²) in [5.41, 5.74) is 1.50. The van der Waals surface area contributed by atoms with E-state index in [-0.39, 0.29) is 5.97 Å². The number of carbonyl (C=O) groups excluding carboxylic acids is 1. The van der Waals surface area contributed by atoms with E-state index in [4.69, 9.17) is 4.74 Å². The van der Waals surface area contributed by atoms with Gasteiger partial charge in [-0.15, -0.1) is 0 Å². The highest BCUT2D eigenvalue weighted by atomic mass is 16.6. The average molecular weight is 287 g/mol. The lowest BCUT2D eigenvalue weighted by molar-refractivity contribution is -0.163. The van der Waals surface area contributed by atoms with Gasteiger partial charge in [0.1, 0.15) is 5.60 Å². The van der Waals surface area contributed by atoms with Crippen molar-refractivity contribution in [1.29, 1.82) is 0 Å². The molecule has 2 heterocycles. The third kappa shape index (κ3) is 2.56. The Bertz CT molecular complexity index is 681. The maximum Gasteiger partial charge on any atom is 0.332 e. The Morgan fingerprint density at radius 1 is 1.33 bits per heavy atom. The zero-order valence-electron chi connectivity index (χ0n) is 12.7. The molecule has 112 valence electrons. The number of benzene rings is 1. The van der Waals surface area contributed by atoms with Gasteiger partial charge in [0.2, 0.25) is 0 Å². The molecule has 1 aromatic heterocycles. The molecule has 1 N–H and O–H groups in total. The summed E-state index contributed by atoms with van der Waals surface area (Å²) in [5.74, 6) is -0.364. The summed E-state index contributed by atoms with van der Waals surface area (Å²) in [5, 5.41) is 11.4. The number of rotatable bonds is 1. The van der Waals surface area contributed by atoms with Crippen LogP contribution in [-0.2, 0) is 16.0 Å². The summed E-state index contributed by atoms with van der Waals surface area (Å²) >= 11 is 0. The van der Waals surface area contributed by atoms with Crippen molar-refractivity contribution in [2.24, 2.45) is 0 Å². The predicted molar refractivity (Wildman–Crippen MR) is 81.1 cm³/mol. The first-order chi connectivity index (χ1) is 9.87. The van der Waals surface area contributed by atoms with E-state index in [0.29, 0.717) is 6.42 Å². The van der Waals surface area contributed by atoms with Gasteiger partial charge in [0.15, 0.2) is 6.04 Å². The molecule has 0 aliphatic carbocycles. The number of carbonyl (C=O) groups is 1. The van der Waals surface area contributed by atoms with Crippen LogP contribution >= 0.6 is 0 Å². The van der Waals surface area contributed by atoms with Crippen molar-refractivity contribution in [1.82, 2.24) is 4.57 Å². The van der Waals surface area contributed by atoms with Crippen LogP contribution < -0.4 is 0 Å². The summed E-state index contributed by atoms with van der Waals surface area (Å²) in [4.78, 5) is 12.5. The lowest BCUT2D eigenvalue weighted by atomic mass is 9.99. The van der Waals surface area contributed by atoms with Crippen molar-refractivity contribution >= 4 is 16.9 Å². The highest BCUT2D eigenvalue weighted by molar-refractivity contribution is 5.85. The maximum atomic E-state index is 12.5. The van der Waals surface area contributed by atoms with Crippen LogP contribution in [0.4, 0.5) is 0 Å². The van der Waals surface area contributed by atoms with Gasteiger partial charge < -0.3 is 14.4 Å². The Morgan fingerprint density at radius 2 is 2.05 bits per heavy atom. The topological polar surface area (TPSA) is 51.5 Å². The number of para-hydroxylation sites is 1. The van der Waals surface area contributed by atoms with E-state index in [2.05, 4.69) is 6.07 Å². The number of hydrogen-bond acceptors (Lipinski definition) is 3. The fraction of sp³-hybridized carbons (Fsp3) is 0.471. The van der Waals surface area contributed by atoms with Crippen molar-refractivity contribution < 1.29 is 14.6 Å². The Balaban J connectivity index is 2.08.